The van der Waals surface area contributed by atoms with Gasteiger partial charge < -0.3 is 16.0 Å². The number of nitrogens with one attached hydrogen (secondary N) is 1. The van der Waals surface area contributed by atoms with Gasteiger partial charge in [-0.25, -0.2) is 4.79 Å². The van der Waals surface area contributed by atoms with E-state index in [1.807, 2.05) is 30.3 Å². The first-order chi connectivity index (χ1) is 7.63. The molecule has 0 radical (unpaired) electrons. The first-order valence-corrected chi connectivity index (χ1v) is 5.35. The lowest BCUT2D eigenvalue weighted by Crippen LogP contribution is -2.46. The Morgan fingerprint density at radius 3 is 2.50 bits per heavy atom. The molecule has 0 saturated carbocycles. The third kappa shape index (κ3) is 3.90. The van der Waals surface area contributed by atoms with Gasteiger partial charge in [0, 0.05) is 26.7 Å². The zero-order valence-electron chi connectivity index (χ0n) is 9.81. The quantitative estimate of drug-likeness (QED) is 0.791. The predicted molar refractivity (Wildman–Crippen MR) is 65.2 cm³/mol. The van der Waals surface area contributed by atoms with Crippen LogP contribution in [0.15, 0.2) is 30.3 Å². The average Bonchev–Trinajstić information content (AvgIpc) is 2.29. The second-order valence-electron chi connectivity index (χ2n) is 3.97. The summed E-state index contributed by atoms with van der Waals surface area (Å²) in [5, 5.41) is 2.88. The molecule has 2 amide bonds. The van der Waals surface area contributed by atoms with E-state index in [2.05, 4.69) is 5.32 Å². The van der Waals surface area contributed by atoms with Gasteiger partial charge in [0.05, 0.1) is 0 Å². The average molecular weight is 221 g/mol. The van der Waals surface area contributed by atoms with E-state index in [1.165, 1.54) is 10.5 Å². The van der Waals surface area contributed by atoms with Crippen LogP contribution in [0.4, 0.5) is 4.79 Å². The normalized spacial score (nSPS) is 11.9. The number of urea groups is 1. The predicted octanol–water partition coefficient (Wildman–Crippen LogP) is 0.828. The maximum absolute atomic E-state index is 11.5. The summed E-state index contributed by atoms with van der Waals surface area (Å²) in [5.41, 5.74) is 6.81. The van der Waals surface area contributed by atoms with Crippen LogP contribution >= 0.6 is 0 Å². The molecule has 0 aliphatic carbocycles. The van der Waals surface area contributed by atoms with Crippen molar-refractivity contribution in [2.75, 3.05) is 20.6 Å². The highest BCUT2D eigenvalue weighted by atomic mass is 16.2. The second-order valence-corrected chi connectivity index (χ2v) is 3.97. The third-order valence-electron chi connectivity index (χ3n) is 2.34. The molecule has 1 aromatic carbocycles. The van der Waals surface area contributed by atoms with Crippen molar-refractivity contribution in [2.45, 2.75) is 12.5 Å². The minimum absolute atomic E-state index is 0.0164. The molecule has 0 heterocycles. The summed E-state index contributed by atoms with van der Waals surface area (Å²) < 4.78 is 0. The van der Waals surface area contributed by atoms with Crippen LogP contribution in [0.25, 0.3) is 0 Å². The number of rotatable bonds is 4. The highest BCUT2D eigenvalue weighted by molar-refractivity contribution is 5.73. The summed E-state index contributed by atoms with van der Waals surface area (Å²) in [4.78, 5) is 13.0. The molecule has 1 rings (SSSR count). The molecule has 0 aliphatic rings. The monoisotopic (exact) mass is 221 g/mol. The fourth-order valence-electron chi connectivity index (χ4n) is 1.40. The molecule has 0 aromatic heterocycles. The Balaban J connectivity index is 2.53. The van der Waals surface area contributed by atoms with Crippen molar-refractivity contribution in [3.63, 3.8) is 0 Å². The number of hydrogen-bond donors (Lipinski definition) is 2. The van der Waals surface area contributed by atoms with Crippen LogP contribution in [0.2, 0.25) is 0 Å². The first-order valence-electron chi connectivity index (χ1n) is 5.35. The van der Waals surface area contributed by atoms with Crippen LogP contribution in [0, 0.1) is 0 Å². The Hall–Kier alpha value is -1.55. The number of nitrogens with zero attached hydrogens (tertiary/aromatic N) is 1. The molecule has 4 nitrogen and oxygen atoms in total. The molecule has 88 valence electrons. The van der Waals surface area contributed by atoms with E-state index in [0.717, 1.165) is 6.42 Å². The zero-order valence-corrected chi connectivity index (χ0v) is 9.81. The van der Waals surface area contributed by atoms with E-state index in [-0.39, 0.29) is 12.1 Å². The van der Waals surface area contributed by atoms with Crippen LogP contribution in [-0.4, -0.2) is 37.6 Å². The van der Waals surface area contributed by atoms with Crippen molar-refractivity contribution < 1.29 is 4.79 Å². The van der Waals surface area contributed by atoms with E-state index in [4.69, 9.17) is 5.73 Å². The summed E-state index contributed by atoms with van der Waals surface area (Å²) in [6.45, 7) is 0.439. The molecule has 4 heteroatoms. The van der Waals surface area contributed by atoms with Crippen molar-refractivity contribution in [2.24, 2.45) is 5.73 Å². The Labute approximate surface area is 96.4 Å². The molecule has 1 aromatic rings. The molecular weight excluding hydrogens is 202 g/mol. The topological polar surface area (TPSA) is 58.4 Å². The molecule has 0 aliphatic heterocycles. The summed E-state index contributed by atoms with van der Waals surface area (Å²) in [6, 6.07) is 9.88. The number of amides is 2. The summed E-state index contributed by atoms with van der Waals surface area (Å²) in [7, 11) is 3.43. The highest BCUT2D eigenvalue weighted by Crippen LogP contribution is 2.02. The van der Waals surface area contributed by atoms with Gasteiger partial charge in [-0.05, 0) is 12.0 Å². The van der Waals surface area contributed by atoms with Crippen LogP contribution in [0.3, 0.4) is 0 Å². The van der Waals surface area contributed by atoms with Gasteiger partial charge in [0.15, 0.2) is 0 Å². The van der Waals surface area contributed by atoms with Gasteiger partial charge >= 0.3 is 6.03 Å². The third-order valence-corrected chi connectivity index (χ3v) is 2.34. The van der Waals surface area contributed by atoms with Gasteiger partial charge in [-0.15, -0.1) is 0 Å². The van der Waals surface area contributed by atoms with Crippen LogP contribution in [0.1, 0.15) is 5.56 Å². The lowest BCUT2D eigenvalue weighted by atomic mass is 10.1. The van der Waals surface area contributed by atoms with Crippen LogP contribution in [-0.2, 0) is 6.42 Å². The molecule has 3 N–H and O–H groups in total. The Morgan fingerprint density at radius 2 is 2.00 bits per heavy atom. The smallest absolute Gasteiger partial charge is 0.317 e. The number of hydrogen-bond acceptors (Lipinski definition) is 2. The van der Waals surface area contributed by atoms with Crippen molar-refractivity contribution >= 4 is 6.03 Å². The summed E-state index contributed by atoms with van der Waals surface area (Å²) >= 11 is 0. The van der Waals surface area contributed by atoms with Gasteiger partial charge in [-0.2, -0.15) is 0 Å². The summed E-state index contributed by atoms with van der Waals surface area (Å²) in [5.74, 6) is 0. The van der Waals surface area contributed by atoms with Crippen molar-refractivity contribution in [3.8, 4) is 0 Å². The minimum atomic E-state index is -0.105. The maximum Gasteiger partial charge on any atom is 0.317 e. The number of benzene rings is 1. The van der Waals surface area contributed by atoms with E-state index in [1.54, 1.807) is 14.1 Å². The van der Waals surface area contributed by atoms with Crippen LogP contribution in [0.5, 0.6) is 0 Å². The van der Waals surface area contributed by atoms with Gasteiger partial charge in [-0.1, -0.05) is 30.3 Å². The van der Waals surface area contributed by atoms with E-state index >= 15 is 0 Å². The van der Waals surface area contributed by atoms with E-state index in [0.29, 0.717) is 6.54 Å². The van der Waals surface area contributed by atoms with Crippen LogP contribution < -0.4 is 11.1 Å². The molecule has 1 unspecified atom stereocenters. The molecular formula is C12H19N3O. The first kappa shape index (κ1) is 12.5. The molecule has 0 saturated heterocycles. The molecule has 1 atom stereocenters. The summed E-state index contributed by atoms with van der Waals surface area (Å²) in [6.07, 6.45) is 0.761. The van der Waals surface area contributed by atoms with Gasteiger partial charge in [-0.3, -0.25) is 0 Å². The second kappa shape index (κ2) is 6.12. The fourth-order valence-corrected chi connectivity index (χ4v) is 1.40. The SMILES string of the molecule is CN(C)C(=O)NC(CN)Cc1ccccc1. The molecule has 16 heavy (non-hydrogen) atoms. The lowest BCUT2D eigenvalue weighted by molar-refractivity contribution is 0.213. The maximum atomic E-state index is 11.5. The van der Waals surface area contributed by atoms with Gasteiger partial charge in [0.1, 0.15) is 0 Å². The van der Waals surface area contributed by atoms with E-state index in [9.17, 15) is 4.79 Å². The van der Waals surface area contributed by atoms with Gasteiger partial charge in [0.25, 0.3) is 0 Å². The number of carbonyl (C=O) groups excluding carboxylic acids is 1. The van der Waals surface area contributed by atoms with Crippen molar-refractivity contribution in [3.05, 3.63) is 35.9 Å². The Kier molecular flexibility index (Phi) is 4.79. The minimum Gasteiger partial charge on any atom is -0.334 e. The molecule has 0 spiro atoms. The standard InChI is InChI=1S/C12H19N3O/c1-15(2)12(16)14-11(9-13)8-10-6-4-3-5-7-10/h3-7,11H,8-9,13H2,1-2H3,(H,14,16). The van der Waals surface area contributed by atoms with Crippen molar-refractivity contribution in [1.29, 1.82) is 0 Å². The molecule has 0 fully saturated rings. The molecule has 0 bridgehead atoms. The largest absolute Gasteiger partial charge is 0.334 e. The number of carbonyl (C=O) groups is 1. The number of nitrogens with two attached hydrogens (primary N) is 1. The Bertz CT molecular complexity index is 324. The zero-order chi connectivity index (χ0) is 12.0. The highest BCUT2D eigenvalue weighted by Gasteiger charge is 2.12. The Morgan fingerprint density at radius 1 is 1.38 bits per heavy atom. The fraction of sp³-hybridized carbons (Fsp3) is 0.417. The van der Waals surface area contributed by atoms with Gasteiger partial charge in [0.2, 0.25) is 0 Å². The van der Waals surface area contributed by atoms with E-state index < -0.39 is 0 Å². The van der Waals surface area contributed by atoms with Crippen molar-refractivity contribution in [1.82, 2.24) is 10.2 Å². The lowest BCUT2D eigenvalue weighted by Gasteiger charge is -2.20.